The van der Waals surface area contributed by atoms with Crippen molar-refractivity contribution >= 4 is 61.2 Å². The molecule has 0 saturated heterocycles. The highest BCUT2D eigenvalue weighted by atomic mass is 32.2. The van der Waals surface area contributed by atoms with E-state index < -0.39 is 5.41 Å². The molecule has 4 heterocycles. The van der Waals surface area contributed by atoms with Gasteiger partial charge in [0, 0.05) is 31.5 Å². The molecule has 0 N–H and O–H groups in total. The Morgan fingerprint density at radius 3 is 2.33 bits per heavy atom. The minimum Gasteiger partial charge on any atom is -0.452 e. The van der Waals surface area contributed by atoms with E-state index in [1.165, 1.54) is 54.0 Å². The molecule has 3 aliphatic rings. The molecule has 1 unspecified atom stereocenters. The van der Waals surface area contributed by atoms with Gasteiger partial charge in [-0.05, 0) is 82.6 Å². The largest absolute Gasteiger partial charge is 0.452 e. The van der Waals surface area contributed by atoms with Crippen molar-refractivity contribution in [2.24, 2.45) is 0 Å². The molecular weight excluding hydrogens is 655 g/mol. The molecule has 244 valence electrons. The highest BCUT2D eigenvalue weighted by Gasteiger charge is 2.51. The summed E-state index contributed by atoms with van der Waals surface area (Å²) in [6.07, 6.45) is 6.92. The summed E-state index contributed by atoms with van der Waals surface area (Å²) >= 11 is 1.88. The third-order valence-corrected chi connectivity index (χ3v) is 12.5. The minimum absolute atomic E-state index is 0.400. The van der Waals surface area contributed by atoms with Crippen molar-refractivity contribution in [3.05, 3.63) is 180 Å². The van der Waals surface area contributed by atoms with Crippen LogP contribution in [-0.4, -0.2) is 14.5 Å². The van der Waals surface area contributed by atoms with Crippen molar-refractivity contribution in [2.45, 2.75) is 28.0 Å². The maximum absolute atomic E-state index is 6.47. The van der Waals surface area contributed by atoms with Crippen molar-refractivity contribution in [2.75, 3.05) is 0 Å². The zero-order valence-electron chi connectivity index (χ0n) is 28.0. The molecule has 52 heavy (non-hydrogen) atoms. The fourth-order valence-corrected chi connectivity index (χ4v) is 10.5. The summed E-state index contributed by atoms with van der Waals surface area (Å²) in [6.45, 7) is 0. The molecule has 2 aliphatic carbocycles. The van der Waals surface area contributed by atoms with Crippen LogP contribution in [-0.2, 0) is 5.41 Å². The molecule has 9 aromatic rings. The second-order valence-electron chi connectivity index (χ2n) is 14.0. The first kappa shape index (κ1) is 28.5. The first-order valence-electron chi connectivity index (χ1n) is 17.9. The van der Waals surface area contributed by atoms with E-state index in [-0.39, 0.29) is 0 Å². The Morgan fingerprint density at radius 1 is 0.635 bits per heavy atom. The van der Waals surface area contributed by atoms with E-state index in [4.69, 9.17) is 14.4 Å². The smallest absolute Gasteiger partial charge is 0.236 e. The predicted octanol–water partition coefficient (Wildman–Crippen LogP) is 12.1. The molecule has 1 atom stereocenters. The number of fused-ring (bicyclic) bond motifs is 14. The number of nitrogens with zero attached hydrogens (tertiary/aromatic N) is 3. The fraction of sp³-hybridized carbons (Fsp3) is 0.0638. The lowest BCUT2D eigenvalue weighted by atomic mass is 9.66. The van der Waals surface area contributed by atoms with Gasteiger partial charge < -0.3 is 4.42 Å². The van der Waals surface area contributed by atoms with Gasteiger partial charge >= 0.3 is 0 Å². The van der Waals surface area contributed by atoms with Crippen LogP contribution < -0.4 is 0 Å². The van der Waals surface area contributed by atoms with Crippen LogP contribution >= 0.6 is 11.8 Å². The number of hydrogen-bond donors (Lipinski definition) is 0. The van der Waals surface area contributed by atoms with Crippen LogP contribution in [0.25, 0.3) is 66.7 Å². The van der Waals surface area contributed by atoms with E-state index >= 15 is 0 Å². The Bertz CT molecular complexity index is 3060. The average Bonchev–Trinajstić information content (AvgIpc) is 3.84. The van der Waals surface area contributed by atoms with Crippen LogP contribution in [0.15, 0.2) is 171 Å². The molecule has 0 saturated carbocycles. The highest BCUT2D eigenvalue weighted by molar-refractivity contribution is 7.99. The number of aromatic nitrogens is 3. The van der Waals surface area contributed by atoms with Crippen molar-refractivity contribution < 1.29 is 4.42 Å². The number of allylic oxidation sites excluding steroid dienone is 4. The maximum atomic E-state index is 6.47. The molecule has 0 radical (unpaired) electrons. The van der Waals surface area contributed by atoms with Crippen LogP contribution in [0.3, 0.4) is 0 Å². The van der Waals surface area contributed by atoms with E-state index in [0.717, 1.165) is 51.6 Å². The molecule has 0 amide bonds. The lowest BCUT2D eigenvalue weighted by molar-refractivity contribution is 0.666. The molecular formula is C47H29N3OS. The summed E-state index contributed by atoms with van der Waals surface area (Å²) < 4.78 is 8.74. The molecule has 4 nitrogen and oxygen atoms in total. The Kier molecular flexibility index (Phi) is 5.73. The van der Waals surface area contributed by atoms with Crippen LogP contribution in [0, 0.1) is 0 Å². The SMILES string of the molecule is C1=CC2=C(CC1)c1ccccc1C21c2ccccc2Sc2cc3c(cc21)c1ccccc1n3-c1nc(-c2ccccc2)c2oc3ccccc3c2n1. The average molecular weight is 684 g/mol. The second kappa shape index (κ2) is 10.4. The number of para-hydroxylation sites is 2. The number of hydrogen-bond acceptors (Lipinski definition) is 4. The predicted molar refractivity (Wildman–Crippen MR) is 211 cm³/mol. The number of benzene rings is 6. The van der Waals surface area contributed by atoms with Gasteiger partial charge in [0.25, 0.3) is 0 Å². The molecule has 0 fully saturated rings. The molecule has 1 aliphatic heterocycles. The Morgan fingerprint density at radius 2 is 1.40 bits per heavy atom. The van der Waals surface area contributed by atoms with E-state index in [0.29, 0.717) is 11.5 Å². The second-order valence-corrected chi connectivity index (χ2v) is 15.0. The number of furan rings is 1. The fourth-order valence-electron chi connectivity index (χ4n) is 9.28. The summed E-state index contributed by atoms with van der Waals surface area (Å²) in [4.78, 5) is 13.2. The van der Waals surface area contributed by atoms with Gasteiger partial charge in [0.15, 0.2) is 5.58 Å². The van der Waals surface area contributed by atoms with E-state index in [9.17, 15) is 0 Å². The van der Waals surface area contributed by atoms with Crippen LogP contribution in [0.1, 0.15) is 35.1 Å². The minimum atomic E-state index is -0.400. The standard InChI is InChI=1S/C47H29N3OS/c1-2-14-28(15-3-1)43-45-44(32-19-7-12-24-40(32)51-45)49-46(48-43)50-38-23-11-6-18-31(38)33-26-37-42(27-39(33)50)52-41-25-13-10-22-36(41)47(37)34-20-8-4-16-29(34)30-17-5-9-21-35(30)47/h1-4,6-16,18-27H,5,17H2. The van der Waals surface area contributed by atoms with Gasteiger partial charge in [0.2, 0.25) is 5.95 Å². The van der Waals surface area contributed by atoms with Crippen molar-refractivity contribution in [3.8, 4) is 17.2 Å². The molecule has 6 aromatic carbocycles. The van der Waals surface area contributed by atoms with Crippen LogP contribution in [0.5, 0.6) is 0 Å². The van der Waals surface area contributed by atoms with E-state index in [2.05, 4.69) is 120 Å². The summed E-state index contributed by atoms with van der Waals surface area (Å²) in [6, 6.07) is 50.2. The lowest BCUT2D eigenvalue weighted by Crippen LogP contribution is -2.32. The van der Waals surface area contributed by atoms with Crippen LogP contribution in [0.2, 0.25) is 0 Å². The topological polar surface area (TPSA) is 43.9 Å². The summed E-state index contributed by atoms with van der Waals surface area (Å²) in [5.41, 5.74) is 14.3. The highest BCUT2D eigenvalue weighted by Crippen LogP contribution is 2.63. The van der Waals surface area contributed by atoms with Crippen molar-refractivity contribution in [1.82, 2.24) is 14.5 Å². The Hall–Kier alpha value is -6.17. The van der Waals surface area contributed by atoms with Gasteiger partial charge in [0.1, 0.15) is 16.8 Å². The summed E-state index contributed by atoms with van der Waals surface area (Å²) in [5.74, 6) is 0.631. The first-order chi connectivity index (χ1) is 25.8. The maximum Gasteiger partial charge on any atom is 0.236 e. The lowest BCUT2D eigenvalue weighted by Gasteiger charge is -2.41. The molecule has 1 spiro atoms. The van der Waals surface area contributed by atoms with Gasteiger partial charge in [-0.1, -0.05) is 127 Å². The van der Waals surface area contributed by atoms with Gasteiger partial charge in [0.05, 0.1) is 16.4 Å². The summed E-state index contributed by atoms with van der Waals surface area (Å²) in [7, 11) is 0. The molecule has 0 bridgehead atoms. The normalized spacial score (nSPS) is 17.3. The first-order valence-corrected chi connectivity index (χ1v) is 18.7. The molecule has 5 heteroatoms. The van der Waals surface area contributed by atoms with E-state index in [1.54, 1.807) is 0 Å². The quantitative estimate of drug-likeness (QED) is 0.182. The van der Waals surface area contributed by atoms with Gasteiger partial charge in [-0.25, -0.2) is 9.97 Å². The van der Waals surface area contributed by atoms with E-state index in [1.807, 2.05) is 48.2 Å². The van der Waals surface area contributed by atoms with Gasteiger partial charge in [-0.15, -0.1) is 0 Å². The van der Waals surface area contributed by atoms with Crippen molar-refractivity contribution in [3.63, 3.8) is 0 Å². The Labute approximate surface area is 303 Å². The number of rotatable bonds is 2. The monoisotopic (exact) mass is 683 g/mol. The summed E-state index contributed by atoms with van der Waals surface area (Å²) in [5, 5.41) is 3.36. The zero-order chi connectivity index (χ0) is 34.0. The third-order valence-electron chi connectivity index (χ3n) is 11.4. The Balaban J connectivity index is 1.20. The molecule has 12 rings (SSSR count). The van der Waals surface area contributed by atoms with Crippen molar-refractivity contribution in [1.29, 1.82) is 0 Å². The zero-order valence-corrected chi connectivity index (χ0v) is 28.8. The molecule has 3 aromatic heterocycles. The third kappa shape index (κ3) is 3.63. The van der Waals surface area contributed by atoms with Crippen LogP contribution in [0.4, 0.5) is 0 Å². The van der Waals surface area contributed by atoms with Gasteiger partial charge in [-0.3, -0.25) is 4.57 Å². The van der Waals surface area contributed by atoms with Gasteiger partial charge in [-0.2, -0.15) is 0 Å².